The standard InChI is InChI=1S/C18H20N2O2/c1-2-12-8-13(9-14-10-17(21)20-18(12)14)16(19)11-22-15-6-4-3-5-7-15/h3-9,16H,2,10-11,19H2,1H3,(H,20,21). The molecular weight excluding hydrogens is 276 g/mol. The number of para-hydroxylation sites is 1. The Morgan fingerprint density at radius 3 is 2.77 bits per heavy atom. The van der Waals surface area contributed by atoms with Crippen LogP contribution in [-0.4, -0.2) is 12.5 Å². The first-order chi connectivity index (χ1) is 10.7. The highest BCUT2D eigenvalue weighted by atomic mass is 16.5. The number of hydrogen-bond donors (Lipinski definition) is 2. The number of hydrogen-bond acceptors (Lipinski definition) is 3. The molecule has 0 fully saturated rings. The van der Waals surface area contributed by atoms with Gasteiger partial charge >= 0.3 is 0 Å². The quantitative estimate of drug-likeness (QED) is 0.891. The highest BCUT2D eigenvalue weighted by Crippen LogP contribution is 2.31. The van der Waals surface area contributed by atoms with Gasteiger partial charge in [0.2, 0.25) is 5.91 Å². The maximum Gasteiger partial charge on any atom is 0.228 e. The van der Waals surface area contributed by atoms with Crippen molar-refractivity contribution in [1.82, 2.24) is 0 Å². The number of rotatable bonds is 5. The van der Waals surface area contributed by atoms with Crippen molar-refractivity contribution in [2.24, 2.45) is 5.73 Å². The molecule has 114 valence electrons. The summed E-state index contributed by atoms with van der Waals surface area (Å²) in [7, 11) is 0. The summed E-state index contributed by atoms with van der Waals surface area (Å²) in [6, 6.07) is 13.5. The molecule has 3 rings (SSSR count). The second kappa shape index (κ2) is 6.20. The number of carbonyl (C=O) groups is 1. The zero-order valence-electron chi connectivity index (χ0n) is 12.6. The Balaban J connectivity index is 1.77. The van der Waals surface area contributed by atoms with E-state index in [2.05, 4.69) is 18.3 Å². The molecule has 1 atom stereocenters. The summed E-state index contributed by atoms with van der Waals surface area (Å²) in [6.07, 6.45) is 1.30. The van der Waals surface area contributed by atoms with E-state index in [4.69, 9.17) is 10.5 Å². The van der Waals surface area contributed by atoms with Crippen molar-refractivity contribution in [2.45, 2.75) is 25.8 Å². The number of anilines is 1. The van der Waals surface area contributed by atoms with Crippen LogP contribution in [0, 0.1) is 0 Å². The first-order valence-corrected chi connectivity index (χ1v) is 7.56. The van der Waals surface area contributed by atoms with Crippen LogP contribution >= 0.6 is 0 Å². The molecule has 1 unspecified atom stereocenters. The first-order valence-electron chi connectivity index (χ1n) is 7.56. The molecule has 22 heavy (non-hydrogen) atoms. The second-order valence-electron chi connectivity index (χ2n) is 5.52. The van der Waals surface area contributed by atoms with Crippen molar-refractivity contribution in [3.05, 3.63) is 59.2 Å². The summed E-state index contributed by atoms with van der Waals surface area (Å²) >= 11 is 0. The van der Waals surface area contributed by atoms with Crippen molar-refractivity contribution in [1.29, 1.82) is 0 Å². The van der Waals surface area contributed by atoms with Crippen LogP contribution < -0.4 is 15.8 Å². The summed E-state index contributed by atoms with van der Waals surface area (Å²) in [4.78, 5) is 11.6. The van der Waals surface area contributed by atoms with Gasteiger partial charge in [0.25, 0.3) is 0 Å². The molecule has 0 aromatic heterocycles. The van der Waals surface area contributed by atoms with Gasteiger partial charge in [-0.05, 0) is 35.2 Å². The molecule has 0 aliphatic carbocycles. The largest absolute Gasteiger partial charge is 0.492 e. The van der Waals surface area contributed by atoms with E-state index in [0.29, 0.717) is 13.0 Å². The van der Waals surface area contributed by atoms with Gasteiger partial charge in [0.05, 0.1) is 12.5 Å². The molecule has 0 saturated heterocycles. The minimum atomic E-state index is -0.216. The molecule has 0 bridgehead atoms. The second-order valence-corrected chi connectivity index (χ2v) is 5.52. The summed E-state index contributed by atoms with van der Waals surface area (Å²) in [5, 5.41) is 2.93. The third-order valence-electron chi connectivity index (χ3n) is 3.92. The van der Waals surface area contributed by atoms with E-state index in [1.165, 1.54) is 0 Å². The number of nitrogens with one attached hydrogen (secondary N) is 1. The van der Waals surface area contributed by atoms with E-state index in [1.807, 2.05) is 36.4 Å². The van der Waals surface area contributed by atoms with Crippen LogP contribution in [0.15, 0.2) is 42.5 Å². The first kappa shape index (κ1) is 14.6. The van der Waals surface area contributed by atoms with Gasteiger partial charge in [0.1, 0.15) is 12.4 Å². The molecule has 1 aliphatic rings. The lowest BCUT2D eigenvalue weighted by Crippen LogP contribution is -2.19. The van der Waals surface area contributed by atoms with Crippen molar-refractivity contribution in [3.63, 3.8) is 0 Å². The average molecular weight is 296 g/mol. The third kappa shape index (κ3) is 2.97. The van der Waals surface area contributed by atoms with Gasteiger partial charge in [-0.15, -0.1) is 0 Å². The number of fused-ring (bicyclic) bond motifs is 1. The van der Waals surface area contributed by atoms with Crippen LogP contribution in [-0.2, 0) is 17.6 Å². The Kier molecular flexibility index (Phi) is 4.11. The molecule has 4 nitrogen and oxygen atoms in total. The average Bonchev–Trinajstić information content (AvgIpc) is 2.92. The van der Waals surface area contributed by atoms with Crippen molar-refractivity contribution < 1.29 is 9.53 Å². The maximum atomic E-state index is 11.6. The van der Waals surface area contributed by atoms with Gasteiger partial charge in [-0.25, -0.2) is 0 Å². The van der Waals surface area contributed by atoms with Crippen LogP contribution in [0.2, 0.25) is 0 Å². The molecule has 1 heterocycles. The Morgan fingerprint density at radius 2 is 2.05 bits per heavy atom. The normalized spacial score (nSPS) is 14.4. The van der Waals surface area contributed by atoms with Crippen molar-refractivity contribution in [2.75, 3.05) is 11.9 Å². The van der Waals surface area contributed by atoms with E-state index >= 15 is 0 Å². The van der Waals surface area contributed by atoms with E-state index in [0.717, 1.165) is 34.5 Å². The number of amides is 1. The molecule has 2 aromatic carbocycles. The number of carbonyl (C=O) groups excluding carboxylic acids is 1. The fraction of sp³-hybridized carbons (Fsp3) is 0.278. The van der Waals surface area contributed by atoms with Gasteiger partial charge in [-0.2, -0.15) is 0 Å². The lowest BCUT2D eigenvalue weighted by Gasteiger charge is -2.16. The number of aryl methyl sites for hydroxylation is 1. The minimum Gasteiger partial charge on any atom is -0.492 e. The van der Waals surface area contributed by atoms with E-state index in [9.17, 15) is 4.79 Å². The number of benzene rings is 2. The van der Waals surface area contributed by atoms with E-state index in [1.54, 1.807) is 0 Å². The van der Waals surface area contributed by atoms with Gasteiger partial charge < -0.3 is 15.8 Å². The smallest absolute Gasteiger partial charge is 0.228 e. The molecule has 4 heteroatoms. The molecule has 0 spiro atoms. The zero-order chi connectivity index (χ0) is 15.5. The fourth-order valence-corrected chi connectivity index (χ4v) is 2.74. The van der Waals surface area contributed by atoms with Gasteiger partial charge in [-0.1, -0.05) is 37.3 Å². The summed E-state index contributed by atoms with van der Waals surface area (Å²) in [6.45, 7) is 2.49. The monoisotopic (exact) mass is 296 g/mol. The molecule has 0 radical (unpaired) electrons. The topological polar surface area (TPSA) is 64.3 Å². The predicted molar refractivity (Wildman–Crippen MR) is 87.0 cm³/mol. The Hall–Kier alpha value is -2.33. The summed E-state index contributed by atoms with van der Waals surface area (Å²) in [5.41, 5.74) is 10.4. The Labute approximate surface area is 130 Å². The SMILES string of the molecule is CCc1cc(C(N)COc2ccccc2)cc2c1NC(=O)C2. The lowest BCUT2D eigenvalue weighted by molar-refractivity contribution is -0.115. The van der Waals surface area contributed by atoms with Gasteiger partial charge in [0.15, 0.2) is 0 Å². The summed E-state index contributed by atoms with van der Waals surface area (Å²) < 4.78 is 5.73. The molecular formula is C18H20N2O2. The molecule has 1 amide bonds. The van der Waals surface area contributed by atoms with E-state index in [-0.39, 0.29) is 11.9 Å². The van der Waals surface area contributed by atoms with Crippen molar-refractivity contribution in [3.8, 4) is 5.75 Å². The highest BCUT2D eigenvalue weighted by molar-refractivity contribution is 6.00. The van der Waals surface area contributed by atoms with Crippen molar-refractivity contribution >= 4 is 11.6 Å². The number of ether oxygens (including phenoxy) is 1. The Bertz CT molecular complexity index is 683. The fourth-order valence-electron chi connectivity index (χ4n) is 2.74. The predicted octanol–water partition coefficient (Wildman–Crippen LogP) is 2.82. The van der Waals surface area contributed by atoms with E-state index < -0.39 is 0 Å². The molecule has 1 aliphatic heterocycles. The van der Waals surface area contributed by atoms with Crippen LogP contribution in [0.25, 0.3) is 0 Å². The van der Waals surface area contributed by atoms with Gasteiger partial charge in [-0.3, -0.25) is 4.79 Å². The van der Waals surface area contributed by atoms with Crippen LogP contribution in [0.1, 0.15) is 29.7 Å². The maximum absolute atomic E-state index is 11.6. The molecule has 3 N–H and O–H groups in total. The third-order valence-corrected chi connectivity index (χ3v) is 3.92. The lowest BCUT2D eigenvalue weighted by atomic mass is 9.97. The molecule has 0 saturated carbocycles. The zero-order valence-corrected chi connectivity index (χ0v) is 12.6. The Morgan fingerprint density at radius 1 is 1.27 bits per heavy atom. The van der Waals surface area contributed by atoms with Gasteiger partial charge in [0, 0.05) is 5.69 Å². The molecule has 2 aromatic rings. The van der Waals surface area contributed by atoms with Crippen LogP contribution in [0.3, 0.4) is 0 Å². The van der Waals surface area contributed by atoms with Crippen LogP contribution in [0.5, 0.6) is 5.75 Å². The summed E-state index contributed by atoms with van der Waals surface area (Å²) in [5.74, 6) is 0.864. The highest BCUT2D eigenvalue weighted by Gasteiger charge is 2.22. The van der Waals surface area contributed by atoms with Crippen LogP contribution in [0.4, 0.5) is 5.69 Å². The minimum absolute atomic E-state index is 0.0518. The number of nitrogens with two attached hydrogens (primary N) is 1.